The van der Waals surface area contributed by atoms with Crippen molar-refractivity contribution >= 4 is 5.91 Å². The summed E-state index contributed by atoms with van der Waals surface area (Å²) in [4.78, 5) is 16.0. The number of unbranched alkanes of at least 4 members (excludes halogenated alkanes) is 4. The predicted molar refractivity (Wildman–Crippen MR) is 79.6 cm³/mol. The van der Waals surface area contributed by atoms with Crippen LogP contribution in [0, 0.1) is 0 Å². The highest BCUT2D eigenvalue weighted by Crippen LogP contribution is 2.02. The number of carbonyl (C=O) groups excluding carboxylic acids is 1. The van der Waals surface area contributed by atoms with Crippen molar-refractivity contribution in [1.82, 2.24) is 15.6 Å². The van der Waals surface area contributed by atoms with Crippen molar-refractivity contribution in [1.29, 1.82) is 0 Å². The van der Waals surface area contributed by atoms with Crippen LogP contribution in [0.5, 0.6) is 0 Å². The van der Waals surface area contributed by atoms with Gasteiger partial charge in [-0.25, -0.2) is 4.98 Å². The zero-order valence-electron chi connectivity index (χ0n) is 12.7. The van der Waals surface area contributed by atoms with E-state index in [-0.39, 0.29) is 5.91 Å². The van der Waals surface area contributed by atoms with Crippen molar-refractivity contribution in [3.05, 3.63) is 17.8 Å². The highest BCUT2D eigenvalue weighted by Gasteiger charge is 2.11. The summed E-state index contributed by atoms with van der Waals surface area (Å²) in [5, 5.41) is 6.11. The molecular weight excluding hydrogens is 254 g/mol. The molecule has 5 nitrogen and oxygen atoms in total. The fourth-order valence-corrected chi connectivity index (χ4v) is 1.86. The Labute approximate surface area is 121 Å². The molecule has 0 aliphatic rings. The van der Waals surface area contributed by atoms with Gasteiger partial charge in [0.05, 0.1) is 6.54 Å². The van der Waals surface area contributed by atoms with Gasteiger partial charge in [0.25, 0.3) is 5.91 Å². The number of oxazole rings is 1. The zero-order chi connectivity index (χ0) is 14.6. The van der Waals surface area contributed by atoms with E-state index in [1.54, 1.807) is 0 Å². The Morgan fingerprint density at radius 3 is 2.55 bits per heavy atom. The second-order valence-corrected chi connectivity index (χ2v) is 4.97. The summed E-state index contributed by atoms with van der Waals surface area (Å²) < 4.78 is 5.29. The van der Waals surface area contributed by atoms with E-state index in [1.807, 2.05) is 0 Å². The van der Waals surface area contributed by atoms with Crippen LogP contribution in [0.15, 0.2) is 10.7 Å². The summed E-state index contributed by atoms with van der Waals surface area (Å²) in [6, 6.07) is 0. The number of hydrogen-bond acceptors (Lipinski definition) is 4. The van der Waals surface area contributed by atoms with Crippen molar-refractivity contribution in [2.75, 3.05) is 13.1 Å². The van der Waals surface area contributed by atoms with Crippen LogP contribution in [0.3, 0.4) is 0 Å². The van der Waals surface area contributed by atoms with Crippen LogP contribution in [0.1, 0.15) is 68.8 Å². The molecular formula is C15H27N3O2. The Kier molecular flexibility index (Phi) is 8.71. The molecule has 1 rings (SSSR count). The van der Waals surface area contributed by atoms with Crippen molar-refractivity contribution in [3.8, 4) is 0 Å². The third kappa shape index (κ3) is 6.70. The largest absolute Gasteiger partial charge is 0.447 e. The maximum atomic E-state index is 11.8. The first kappa shape index (κ1) is 16.7. The molecule has 0 spiro atoms. The fourth-order valence-electron chi connectivity index (χ4n) is 1.86. The van der Waals surface area contributed by atoms with E-state index in [2.05, 4.69) is 29.5 Å². The van der Waals surface area contributed by atoms with E-state index < -0.39 is 0 Å². The lowest BCUT2D eigenvalue weighted by molar-refractivity contribution is 0.0948. The third-order valence-electron chi connectivity index (χ3n) is 3.08. The Morgan fingerprint density at radius 2 is 1.85 bits per heavy atom. The first-order valence-electron chi connectivity index (χ1n) is 7.71. The summed E-state index contributed by atoms with van der Waals surface area (Å²) in [5.74, 6) is 0.419. The molecule has 1 heterocycles. The molecule has 0 aromatic carbocycles. The van der Waals surface area contributed by atoms with E-state index >= 15 is 0 Å². The molecule has 0 fully saturated rings. The SMILES string of the molecule is CCCCCNCc1nc(C(=O)NCCCCC)co1. The molecule has 0 unspecified atom stereocenters. The van der Waals surface area contributed by atoms with Crippen molar-refractivity contribution < 1.29 is 9.21 Å². The van der Waals surface area contributed by atoms with E-state index in [0.29, 0.717) is 24.7 Å². The molecule has 1 aromatic rings. The average molecular weight is 281 g/mol. The molecule has 0 atom stereocenters. The Morgan fingerprint density at radius 1 is 1.15 bits per heavy atom. The van der Waals surface area contributed by atoms with E-state index in [0.717, 1.165) is 32.2 Å². The molecule has 2 N–H and O–H groups in total. The molecule has 0 saturated carbocycles. The maximum Gasteiger partial charge on any atom is 0.273 e. The van der Waals surface area contributed by atoms with Gasteiger partial charge >= 0.3 is 0 Å². The van der Waals surface area contributed by atoms with Crippen molar-refractivity contribution in [2.45, 2.75) is 58.9 Å². The standard InChI is InChI=1S/C15H27N3O2/c1-3-5-7-9-16-11-14-18-13(12-20-14)15(19)17-10-8-6-4-2/h12,16H,3-11H2,1-2H3,(H,17,19). The lowest BCUT2D eigenvalue weighted by Gasteiger charge is -2.01. The number of amides is 1. The monoisotopic (exact) mass is 281 g/mol. The number of carbonyl (C=O) groups is 1. The van der Waals surface area contributed by atoms with Gasteiger partial charge in [0.1, 0.15) is 6.26 Å². The molecule has 0 aliphatic carbocycles. The third-order valence-corrected chi connectivity index (χ3v) is 3.08. The van der Waals surface area contributed by atoms with Gasteiger partial charge in [-0.1, -0.05) is 39.5 Å². The van der Waals surface area contributed by atoms with Gasteiger partial charge in [-0.15, -0.1) is 0 Å². The number of hydrogen-bond donors (Lipinski definition) is 2. The summed E-state index contributed by atoms with van der Waals surface area (Å²) in [5.41, 5.74) is 0.367. The first-order valence-corrected chi connectivity index (χ1v) is 7.71. The number of aromatic nitrogens is 1. The zero-order valence-corrected chi connectivity index (χ0v) is 12.7. The van der Waals surface area contributed by atoms with Crippen LogP contribution >= 0.6 is 0 Å². The quantitative estimate of drug-likeness (QED) is 0.612. The van der Waals surface area contributed by atoms with E-state index in [4.69, 9.17) is 4.42 Å². The normalized spacial score (nSPS) is 10.7. The number of rotatable bonds is 11. The number of nitrogens with zero attached hydrogens (tertiary/aromatic N) is 1. The second kappa shape index (κ2) is 10.4. The highest BCUT2D eigenvalue weighted by atomic mass is 16.3. The van der Waals surface area contributed by atoms with Gasteiger partial charge < -0.3 is 15.1 Å². The smallest absolute Gasteiger partial charge is 0.273 e. The van der Waals surface area contributed by atoms with Gasteiger partial charge in [0, 0.05) is 6.54 Å². The summed E-state index contributed by atoms with van der Waals surface area (Å²) >= 11 is 0. The summed E-state index contributed by atoms with van der Waals surface area (Å²) in [7, 11) is 0. The second-order valence-electron chi connectivity index (χ2n) is 4.97. The summed E-state index contributed by atoms with van der Waals surface area (Å²) in [6.45, 7) is 6.55. The molecule has 1 aromatic heterocycles. The van der Waals surface area contributed by atoms with Gasteiger partial charge in [0.15, 0.2) is 5.69 Å². The lowest BCUT2D eigenvalue weighted by Crippen LogP contribution is -2.24. The Balaban J connectivity index is 2.22. The molecule has 0 radical (unpaired) electrons. The summed E-state index contributed by atoms with van der Waals surface area (Å²) in [6.07, 6.45) is 8.30. The molecule has 20 heavy (non-hydrogen) atoms. The van der Waals surface area contributed by atoms with Crippen LogP contribution < -0.4 is 10.6 Å². The molecule has 0 aliphatic heterocycles. The molecule has 1 amide bonds. The van der Waals surface area contributed by atoms with E-state index in [1.165, 1.54) is 19.1 Å². The van der Waals surface area contributed by atoms with Crippen molar-refractivity contribution in [3.63, 3.8) is 0 Å². The molecule has 0 saturated heterocycles. The Bertz CT molecular complexity index is 377. The average Bonchev–Trinajstić information content (AvgIpc) is 2.92. The minimum Gasteiger partial charge on any atom is -0.447 e. The van der Waals surface area contributed by atoms with Crippen LogP contribution in [0.4, 0.5) is 0 Å². The van der Waals surface area contributed by atoms with Crippen LogP contribution in [0.2, 0.25) is 0 Å². The van der Waals surface area contributed by atoms with Crippen molar-refractivity contribution in [2.24, 2.45) is 0 Å². The molecule has 5 heteroatoms. The molecule has 114 valence electrons. The van der Waals surface area contributed by atoms with E-state index in [9.17, 15) is 4.79 Å². The lowest BCUT2D eigenvalue weighted by atomic mass is 10.2. The molecule has 0 bridgehead atoms. The van der Waals surface area contributed by atoms with Crippen LogP contribution in [-0.2, 0) is 6.54 Å². The van der Waals surface area contributed by atoms with Gasteiger partial charge in [0.2, 0.25) is 5.89 Å². The minimum atomic E-state index is -0.151. The topological polar surface area (TPSA) is 67.2 Å². The van der Waals surface area contributed by atoms with Gasteiger partial charge in [-0.05, 0) is 19.4 Å². The van der Waals surface area contributed by atoms with Crippen LogP contribution in [0.25, 0.3) is 0 Å². The predicted octanol–water partition coefficient (Wildman–Crippen LogP) is 2.87. The van der Waals surface area contributed by atoms with Gasteiger partial charge in [-0.2, -0.15) is 0 Å². The number of nitrogens with one attached hydrogen (secondary N) is 2. The first-order chi connectivity index (χ1) is 9.77. The van der Waals surface area contributed by atoms with Crippen LogP contribution in [-0.4, -0.2) is 24.0 Å². The maximum absolute atomic E-state index is 11.8. The van der Waals surface area contributed by atoms with Gasteiger partial charge in [-0.3, -0.25) is 4.79 Å². The highest BCUT2D eigenvalue weighted by molar-refractivity contribution is 5.91. The minimum absolute atomic E-state index is 0.151. The Hall–Kier alpha value is -1.36. The fraction of sp³-hybridized carbons (Fsp3) is 0.733.